The van der Waals surface area contributed by atoms with Gasteiger partial charge in [-0.25, -0.2) is 0 Å². The van der Waals surface area contributed by atoms with E-state index in [9.17, 15) is 5.11 Å². The molecule has 1 unspecified atom stereocenters. The Hall–Kier alpha value is -1.46. The fraction of sp³-hybridized carbons (Fsp3) is 0.400. The molecule has 2 aromatic rings. The molecule has 3 nitrogen and oxygen atoms in total. The van der Waals surface area contributed by atoms with E-state index in [2.05, 4.69) is 69.3 Å². The van der Waals surface area contributed by atoms with Gasteiger partial charge in [0.25, 0.3) is 8.32 Å². The zero-order chi connectivity index (χ0) is 17.6. The highest BCUT2D eigenvalue weighted by molar-refractivity contribution is 6.99. The highest BCUT2D eigenvalue weighted by Gasteiger charge is 2.50. The van der Waals surface area contributed by atoms with Gasteiger partial charge in [0.05, 0.1) is 19.3 Å². The molecule has 4 heteroatoms. The van der Waals surface area contributed by atoms with Crippen molar-refractivity contribution in [1.29, 1.82) is 0 Å². The van der Waals surface area contributed by atoms with Crippen molar-refractivity contribution in [1.82, 2.24) is 0 Å². The molecule has 0 aliphatic heterocycles. The minimum atomic E-state index is -2.56. The Bertz CT molecular complexity index is 568. The summed E-state index contributed by atoms with van der Waals surface area (Å²) in [7, 11) is -0.967. The van der Waals surface area contributed by atoms with E-state index in [1.807, 2.05) is 12.1 Å². The first-order valence-electron chi connectivity index (χ1n) is 8.34. The molecule has 0 aliphatic rings. The van der Waals surface area contributed by atoms with Gasteiger partial charge < -0.3 is 14.3 Å². The molecule has 0 saturated carbocycles. The number of aliphatic hydroxyl groups excluding tert-OH is 1. The Kier molecular flexibility index (Phi) is 6.35. The van der Waals surface area contributed by atoms with Crippen LogP contribution >= 0.6 is 0 Å². The molecule has 2 rings (SSSR count). The zero-order valence-corrected chi connectivity index (χ0v) is 16.0. The van der Waals surface area contributed by atoms with E-state index >= 15 is 0 Å². The minimum Gasteiger partial charge on any atom is -0.405 e. The van der Waals surface area contributed by atoms with Gasteiger partial charge in [-0.15, -0.1) is 0 Å². The van der Waals surface area contributed by atoms with Crippen LogP contribution in [0.1, 0.15) is 20.8 Å². The van der Waals surface area contributed by atoms with Crippen LogP contribution < -0.4 is 10.4 Å². The lowest BCUT2D eigenvalue weighted by Crippen LogP contribution is -2.67. The first-order valence-corrected chi connectivity index (χ1v) is 10.2. The van der Waals surface area contributed by atoms with Crippen LogP contribution in [0.15, 0.2) is 60.7 Å². The van der Waals surface area contributed by atoms with Crippen LogP contribution in [0.2, 0.25) is 5.04 Å². The molecule has 0 spiro atoms. The second kappa shape index (κ2) is 8.08. The van der Waals surface area contributed by atoms with Crippen molar-refractivity contribution in [3.05, 3.63) is 60.7 Å². The highest BCUT2D eigenvalue weighted by Crippen LogP contribution is 2.36. The van der Waals surface area contributed by atoms with Crippen molar-refractivity contribution in [2.24, 2.45) is 0 Å². The van der Waals surface area contributed by atoms with Gasteiger partial charge in [0.15, 0.2) is 0 Å². The Labute approximate surface area is 146 Å². The van der Waals surface area contributed by atoms with Gasteiger partial charge in [-0.3, -0.25) is 0 Å². The number of aliphatic hydroxyl groups is 1. The lowest BCUT2D eigenvalue weighted by Gasteiger charge is -2.43. The number of hydrogen-bond donors (Lipinski definition) is 1. The summed E-state index contributed by atoms with van der Waals surface area (Å²) in [5.74, 6) is 0. The van der Waals surface area contributed by atoms with Crippen molar-refractivity contribution in [3.8, 4) is 0 Å². The van der Waals surface area contributed by atoms with Gasteiger partial charge >= 0.3 is 0 Å². The predicted octanol–water partition coefficient (Wildman–Crippen LogP) is 2.57. The summed E-state index contributed by atoms with van der Waals surface area (Å²) in [6.07, 6.45) is -0.628. The number of rotatable bonds is 7. The van der Waals surface area contributed by atoms with Gasteiger partial charge in [-0.1, -0.05) is 81.4 Å². The summed E-state index contributed by atoms with van der Waals surface area (Å²) in [6.45, 7) is 7.21. The van der Waals surface area contributed by atoms with Gasteiger partial charge in [0.1, 0.15) is 0 Å². The fourth-order valence-corrected chi connectivity index (χ4v) is 7.82. The third-order valence-electron chi connectivity index (χ3n) is 4.27. The van der Waals surface area contributed by atoms with Crippen LogP contribution in [0.5, 0.6) is 0 Å². The number of benzene rings is 2. The van der Waals surface area contributed by atoms with Gasteiger partial charge in [-0.05, 0) is 15.4 Å². The van der Waals surface area contributed by atoms with E-state index in [-0.39, 0.29) is 18.3 Å². The standard InChI is InChI=1S/C20H28O3Si/c1-20(2,3)24(18-11-7-5-8-12-18,19-13-9-6-10-14-19)23-16-17(21)15-22-4/h5-14,17,21H,15-16H2,1-4H3. The molecule has 0 amide bonds. The van der Waals surface area contributed by atoms with Crippen LogP contribution in [-0.2, 0) is 9.16 Å². The summed E-state index contributed by atoms with van der Waals surface area (Å²) in [6, 6.07) is 20.9. The molecule has 0 saturated heterocycles. The number of methoxy groups -OCH3 is 1. The molecule has 0 bridgehead atoms. The first-order chi connectivity index (χ1) is 11.4. The van der Waals surface area contributed by atoms with Gasteiger partial charge in [0.2, 0.25) is 0 Å². The third-order valence-corrected chi connectivity index (χ3v) is 9.27. The van der Waals surface area contributed by atoms with Crippen LogP contribution in [0, 0.1) is 0 Å². The van der Waals surface area contributed by atoms with Crippen LogP contribution in [0.3, 0.4) is 0 Å². The Morgan fingerprint density at radius 1 is 0.875 bits per heavy atom. The molecule has 24 heavy (non-hydrogen) atoms. The fourth-order valence-electron chi connectivity index (χ4n) is 3.22. The zero-order valence-electron chi connectivity index (χ0n) is 15.0. The van der Waals surface area contributed by atoms with Crippen LogP contribution in [0.25, 0.3) is 0 Å². The van der Waals surface area contributed by atoms with E-state index in [0.717, 1.165) is 0 Å². The minimum absolute atomic E-state index is 0.0809. The Balaban J connectivity index is 2.53. The van der Waals surface area contributed by atoms with E-state index in [0.29, 0.717) is 0 Å². The number of hydrogen-bond acceptors (Lipinski definition) is 3. The molecule has 1 atom stereocenters. The predicted molar refractivity (Wildman–Crippen MR) is 101 cm³/mol. The summed E-state index contributed by atoms with van der Waals surface area (Å²) in [4.78, 5) is 0. The Morgan fingerprint density at radius 2 is 1.33 bits per heavy atom. The lowest BCUT2D eigenvalue weighted by atomic mass is 10.2. The number of ether oxygens (including phenoxy) is 1. The molecule has 2 aromatic carbocycles. The van der Waals surface area contributed by atoms with Crippen molar-refractivity contribution in [2.45, 2.75) is 31.9 Å². The topological polar surface area (TPSA) is 38.7 Å². The van der Waals surface area contributed by atoms with Crippen molar-refractivity contribution in [2.75, 3.05) is 20.3 Å². The summed E-state index contributed by atoms with van der Waals surface area (Å²) in [5.41, 5.74) is 0. The van der Waals surface area contributed by atoms with Crippen LogP contribution in [-0.4, -0.2) is 39.9 Å². The van der Waals surface area contributed by atoms with Gasteiger partial charge in [0, 0.05) is 7.11 Å². The highest BCUT2D eigenvalue weighted by atomic mass is 28.4. The maximum atomic E-state index is 10.1. The largest absolute Gasteiger partial charge is 0.405 e. The van der Waals surface area contributed by atoms with E-state index < -0.39 is 14.4 Å². The molecular weight excluding hydrogens is 316 g/mol. The quantitative estimate of drug-likeness (QED) is 0.785. The third kappa shape index (κ3) is 3.95. The lowest BCUT2D eigenvalue weighted by molar-refractivity contribution is 0.0299. The molecule has 0 aliphatic carbocycles. The Morgan fingerprint density at radius 3 is 1.71 bits per heavy atom. The second-order valence-electron chi connectivity index (χ2n) is 7.08. The monoisotopic (exact) mass is 344 g/mol. The molecule has 0 radical (unpaired) electrons. The summed E-state index contributed by atoms with van der Waals surface area (Å²) >= 11 is 0. The van der Waals surface area contributed by atoms with Crippen molar-refractivity contribution in [3.63, 3.8) is 0 Å². The molecule has 0 fully saturated rings. The average Bonchev–Trinajstić information content (AvgIpc) is 2.56. The molecule has 130 valence electrons. The molecule has 0 heterocycles. The average molecular weight is 345 g/mol. The van der Waals surface area contributed by atoms with Gasteiger partial charge in [-0.2, -0.15) is 0 Å². The molecule has 0 aromatic heterocycles. The molecule has 1 N–H and O–H groups in total. The van der Waals surface area contributed by atoms with Crippen molar-refractivity contribution >= 4 is 18.7 Å². The van der Waals surface area contributed by atoms with E-state index in [1.165, 1.54) is 10.4 Å². The summed E-state index contributed by atoms with van der Waals surface area (Å²) < 4.78 is 11.6. The SMILES string of the molecule is COCC(O)CO[Si](c1ccccc1)(c1ccccc1)C(C)(C)C. The maximum Gasteiger partial charge on any atom is 0.261 e. The van der Waals surface area contributed by atoms with E-state index in [1.54, 1.807) is 7.11 Å². The maximum absolute atomic E-state index is 10.1. The molecular formula is C20H28O3Si. The normalized spacial score (nSPS) is 13.7. The second-order valence-corrected chi connectivity index (χ2v) is 11.4. The summed E-state index contributed by atoms with van der Waals surface area (Å²) in [5, 5.41) is 12.5. The smallest absolute Gasteiger partial charge is 0.261 e. The van der Waals surface area contributed by atoms with E-state index in [4.69, 9.17) is 9.16 Å². The first kappa shape index (κ1) is 18.9. The van der Waals surface area contributed by atoms with Crippen LogP contribution in [0.4, 0.5) is 0 Å². The van der Waals surface area contributed by atoms with Crippen molar-refractivity contribution < 1.29 is 14.3 Å².